The molecular weight excluding hydrogens is 320 g/mol. The molecule has 2 rings (SSSR count). The highest BCUT2D eigenvalue weighted by molar-refractivity contribution is 5.94. The van der Waals surface area contributed by atoms with Crippen molar-refractivity contribution in [2.24, 2.45) is 0 Å². The Morgan fingerprint density at radius 2 is 1.92 bits per heavy atom. The predicted molar refractivity (Wildman–Crippen MR) is 96.0 cm³/mol. The molecule has 0 saturated heterocycles. The molecule has 0 heterocycles. The van der Waals surface area contributed by atoms with Gasteiger partial charge in [-0.3, -0.25) is 14.9 Å². The number of nitro benzene ring substituents is 1. The van der Waals surface area contributed by atoms with Crippen LogP contribution in [0.25, 0.3) is 0 Å². The van der Waals surface area contributed by atoms with Gasteiger partial charge in [0.2, 0.25) is 0 Å². The van der Waals surface area contributed by atoms with Gasteiger partial charge >= 0.3 is 0 Å². The zero-order valence-corrected chi connectivity index (χ0v) is 14.4. The van der Waals surface area contributed by atoms with Crippen molar-refractivity contribution in [3.63, 3.8) is 0 Å². The summed E-state index contributed by atoms with van der Waals surface area (Å²) in [7, 11) is 0. The van der Waals surface area contributed by atoms with Crippen LogP contribution in [0.4, 0.5) is 5.69 Å². The monoisotopic (exact) mass is 342 g/mol. The molecule has 0 unspecified atom stereocenters. The minimum Gasteiger partial charge on any atom is -0.491 e. The van der Waals surface area contributed by atoms with E-state index in [1.54, 1.807) is 0 Å². The van der Waals surface area contributed by atoms with Crippen molar-refractivity contribution < 1.29 is 14.5 Å². The number of nitrogens with zero attached hydrogens (tertiary/aromatic N) is 1. The Bertz CT molecular complexity index is 726. The average molecular weight is 342 g/mol. The molecular formula is C19H22N2O4. The quantitative estimate of drug-likeness (QED) is 0.450. The summed E-state index contributed by atoms with van der Waals surface area (Å²) in [5, 5.41) is 13.4. The van der Waals surface area contributed by atoms with Gasteiger partial charge in [0.05, 0.1) is 11.0 Å². The van der Waals surface area contributed by atoms with E-state index >= 15 is 0 Å². The molecule has 0 aromatic heterocycles. The Hall–Kier alpha value is -2.89. The Morgan fingerprint density at radius 3 is 2.56 bits per heavy atom. The van der Waals surface area contributed by atoms with Crippen LogP contribution in [0.1, 0.15) is 36.2 Å². The van der Waals surface area contributed by atoms with Crippen LogP contribution in [0, 0.1) is 10.1 Å². The lowest BCUT2D eigenvalue weighted by molar-refractivity contribution is -0.384. The first-order valence-corrected chi connectivity index (χ1v) is 8.24. The normalized spacial score (nSPS) is 10.5. The molecule has 6 heteroatoms. The van der Waals surface area contributed by atoms with E-state index in [0.29, 0.717) is 12.1 Å². The molecule has 6 nitrogen and oxygen atoms in total. The number of hydrogen-bond acceptors (Lipinski definition) is 4. The van der Waals surface area contributed by atoms with Crippen molar-refractivity contribution in [1.29, 1.82) is 0 Å². The van der Waals surface area contributed by atoms with Crippen LogP contribution in [0.3, 0.4) is 0 Å². The Kier molecular flexibility index (Phi) is 6.51. The van der Waals surface area contributed by atoms with E-state index in [1.807, 2.05) is 38.1 Å². The molecule has 0 aliphatic rings. The molecule has 0 radical (unpaired) electrons. The van der Waals surface area contributed by atoms with Gasteiger partial charge < -0.3 is 10.1 Å². The number of ether oxygens (including phenoxy) is 1. The summed E-state index contributed by atoms with van der Waals surface area (Å²) in [6.07, 6.45) is 1.76. The van der Waals surface area contributed by atoms with Gasteiger partial charge in [-0.05, 0) is 56.5 Å². The number of benzene rings is 2. The predicted octanol–water partition coefficient (Wildman–Crippen LogP) is 3.74. The molecule has 132 valence electrons. The lowest BCUT2D eigenvalue weighted by atomic mass is 10.1. The third-order valence-corrected chi connectivity index (χ3v) is 3.54. The number of non-ortho nitro benzene ring substituents is 1. The number of amides is 1. The van der Waals surface area contributed by atoms with Gasteiger partial charge in [0.1, 0.15) is 5.75 Å². The van der Waals surface area contributed by atoms with Gasteiger partial charge in [-0.25, -0.2) is 0 Å². The highest BCUT2D eigenvalue weighted by atomic mass is 16.6. The van der Waals surface area contributed by atoms with Crippen LogP contribution in [-0.2, 0) is 6.42 Å². The summed E-state index contributed by atoms with van der Waals surface area (Å²) in [6.45, 7) is 4.51. The molecule has 2 aromatic carbocycles. The van der Waals surface area contributed by atoms with Gasteiger partial charge in [0.25, 0.3) is 11.6 Å². The number of aryl methyl sites for hydroxylation is 1. The molecule has 0 spiro atoms. The van der Waals surface area contributed by atoms with Crippen molar-refractivity contribution in [2.75, 3.05) is 6.54 Å². The minimum absolute atomic E-state index is 0.0277. The first kappa shape index (κ1) is 18.4. The first-order chi connectivity index (χ1) is 12.0. The second kappa shape index (κ2) is 8.82. The van der Waals surface area contributed by atoms with E-state index in [1.165, 1.54) is 24.3 Å². The highest BCUT2D eigenvalue weighted by Gasteiger charge is 2.09. The third-order valence-electron chi connectivity index (χ3n) is 3.54. The molecule has 0 bridgehead atoms. The fourth-order valence-electron chi connectivity index (χ4n) is 2.38. The molecule has 0 saturated carbocycles. The van der Waals surface area contributed by atoms with Gasteiger partial charge in [-0.1, -0.05) is 12.1 Å². The molecule has 0 aliphatic heterocycles. The number of carbonyl (C=O) groups excluding carboxylic acids is 1. The number of nitrogens with one attached hydrogen (secondary N) is 1. The maximum Gasteiger partial charge on any atom is 0.269 e. The number of rotatable bonds is 8. The Balaban J connectivity index is 1.78. The van der Waals surface area contributed by atoms with Crippen LogP contribution < -0.4 is 10.1 Å². The van der Waals surface area contributed by atoms with Crippen molar-refractivity contribution in [3.8, 4) is 5.75 Å². The van der Waals surface area contributed by atoms with Gasteiger partial charge in [0.15, 0.2) is 0 Å². The maximum atomic E-state index is 12.0. The molecule has 0 fully saturated rings. The molecule has 0 atom stereocenters. The van der Waals surface area contributed by atoms with Crippen LogP contribution in [-0.4, -0.2) is 23.5 Å². The van der Waals surface area contributed by atoms with E-state index in [-0.39, 0.29) is 17.7 Å². The zero-order valence-electron chi connectivity index (χ0n) is 14.4. The van der Waals surface area contributed by atoms with E-state index in [2.05, 4.69) is 5.32 Å². The van der Waals surface area contributed by atoms with Crippen molar-refractivity contribution in [3.05, 3.63) is 69.8 Å². The molecule has 1 amide bonds. The van der Waals surface area contributed by atoms with Crippen LogP contribution >= 0.6 is 0 Å². The summed E-state index contributed by atoms with van der Waals surface area (Å²) in [5.74, 6) is 0.620. The summed E-state index contributed by atoms with van der Waals surface area (Å²) in [4.78, 5) is 22.1. The fraction of sp³-hybridized carbons (Fsp3) is 0.316. The van der Waals surface area contributed by atoms with Crippen molar-refractivity contribution >= 4 is 11.6 Å². The SMILES string of the molecule is CC(C)Oc1cccc(CCCNC(=O)c2ccc([N+](=O)[O-])cc2)c1. The largest absolute Gasteiger partial charge is 0.491 e. The first-order valence-electron chi connectivity index (χ1n) is 8.24. The smallest absolute Gasteiger partial charge is 0.269 e. The fourth-order valence-corrected chi connectivity index (χ4v) is 2.38. The highest BCUT2D eigenvalue weighted by Crippen LogP contribution is 2.16. The van der Waals surface area contributed by atoms with E-state index < -0.39 is 4.92 Å². The Morgan fingerprint density at radius 1 is 1.20 bits per heavy atom. The van der Waals surface area contributed by atoms with Crippen LogP contribution in [0.2, 0.25) is 0 Å². The zero-order chi connectivity index (χ0) is 18.2. The summed E-state index contributed by atoms with van der Waals surface area (Å²) in [6, 6.07) is 13.5. The lowest BCUT2D eigenvalue weighted by Crippen LogP contribution is -2.24. The number of nitro groups is 1. The second-order valence-corrected chi connectivity index (χ2v) is 5.98. The second-order valence-electron chi connectivity index (χ2n) is 5.98. The molecule has 1 N–H and O–H groups in total. The van der Waals surface area contributed by atoms with Crippen molar-refractivity contribution in [1.82, 2.24) is 5.32 Å². The van der Waals surface area contributed by atoms with Crippen molar-refractivity contribution in [2.45, 2.75) is 32.8 Å². The standard InChI is InChI=1S/C19H22N2O4/c1-14(2)25-18-7-3-5-15(13-18)6-4-12-20-19(22)16-8-10-17(11-9-16)21(23)24/h3,5,7-11,13-14H,4,6,12H2,1-2H3,(H,20,22). The lowest BCUT2D eigenvalue weighted by Gasteiger charge is -2.11. The Labute approximate surface area is 147 Å². The third kappa shape index (κ3) is 5.91. The summed E-state index contributed by atoms with van der Waals surface area (Å²) >= 11 is 0. The average Bonchev–Trinajstić information content (AvgIpc) is 2.58. The molecule has 2 aromatic rings. The minimum atomic E-state index is -0.487. The topological polar surface area (TPSA) is 81.5 Å². The van der Waals surface area contributed by atoms with Crippen LogP contribution in [0.5, 0.6) is 5.75 Å². The van der Waals surface area contributed by atoms with Gasteiger partial charge in [0, 0.05) is 24.2 Å². The summed E-state index contributed by atoms with van der Waals surface area (Å²) in [5.41, 5.74) is 1.54. The molecule has 25 heavy (non-hydrogen) atoms. The van der Waals surface area contributed by atoms with E-state index in [4.69, 9.17) is 4.74 Å². The summed E-state index contributed by atoms with van der Waals surface area (Å²) < 4.78 is 5.67. The molecule has 0 aliphatic carbocycles. The number of hydrogen-bond donors (Lipinski definition) is 1. The van der Waals surface area contributed by atoms with E-state index in [0.717, 1.165) is 24.2 Å². The van der Waals surface area contributed by atoms with Crippen LogP contribution in [0.15, 0.2) is 48.5 Å². The maximum absolute atomic E-state index is 12.0. The van der Waals surface area contributed by atoms with Gasteiger partial charge in [-0.2, -0.15) is 0 Å². The van der Waals surface area contributed by atoms with E-state index in [9.17, 15) is 14.9 Å². The number of carbonyl (C=O) groups is 1. The van der Waals surface area contributed by atoms with Gasteiger partial charge in [-0.15, -0.1) is 0 Å².